The van der Waals surface area contributed by atoms with Gasteiger partial charge in [0.25, 0.3) is 0 Å². The summed E-state index contributed by atoms with van der Waals surface area (Å²) >= 11 is 0. The van der Waals surface area contributed by atoms with Crippen LogP contribution in [0.15, 0.2) is 0 Å². The minimum Gasteiger partial charge on any atom is -0.351 e. The Morgan fingerprint density at radius 2 is 2.05 bits per heavy atom. The zero-order valence-corrected chi connectivity index (χ0v) is 12.8. The number of sulfonamides is 1. The molecule has 0 radical (unpaired) electrons. The van der Waals surface area contributed by atoms with Crippen LogP contribution in [0.4, 0.5) is 0 Å². The lowest BCUT2D eigenvalue weighted by Crippen LogP contribution is -2.44. The molecule has 0 saturated carbocycles. The molecule has 112 valence electrons. The lowest BCUT2D eigenvalue weighted by molar-refractivity contribution is -0.121. The van der Waals surface area contributed by atoms with E-state index in [1.807, 2.05) is 6.92 Å². The molecule has 7 nitrogen and oxygen atoms in total. The fourth-order valence-electron chi connectivity index (χ4n) is 1.95. The molecule has 9 heteroatoms. The van der Waals surface area contributed by atoms with Gasteiger partial charge in [-0.1, -0.05) is 6.92 Å². The van der Waals surface area contributed by atoms with Gasteiger partial charge in [-0.25, -0.2) is 16.8 Å². The van der Waals surface area contributed by atoms with Gasteiger partial charge in [0, 0.05) is 12.6 Å². The zero-order chi connectivity index (χ0) is 14.7. The average Bonchev–Trinajstić information content (AvgIpc) is 2.56. The number of nitrogens with one attached hydrogen (secondary N) is 1. The monoisotopic (exact) mass is 312 g/mol. The van der Waals surface area contributed by atoms with Crippen molar-refractivity contribution in [2.45, 2.75) is 25.8 Å². The van der Waals surface area contributed by atoms with Crippen LogP contribution in [0.25, 0.3) is 0 Å². The summed E-state index contributed by atoms with van der Waals surface area (Å²) in [5.74, 6) is -0.449. The molecule has 0 aromatic rings. The van der Waals surface area contributed by atoms with Crippen LogP contribution in [-0.2, 0) is 24.7 Å². The maximum absolute atomic E-state index is 11.7. The van der Waals surface area contributed by atoms with Crippen LogP contribution in [-0.4, -0.2) is 63.9 Å². The van der Waals surface area contributed by atoms with Crippen LogP contribution in [0.5, 0.6) is 0 Å². The van der Waals surface area contributed by atoms with Crippen molar-refractivity contribution in [2.75, 3.05) is 30.9 Å². The standard InChI is InChI=1S/C10H20N2O5S2/c1-3-5-12(18(2,14)15)7-10(13)11-9-4-6-19(16,17)8-9/h9H,3-8H2,1-2H3,(H,11,13). The third kappa shape index (κ3) is 5.45. The Labute approximate surface area is 114 Å². The number of carbonyl (C=O) groups is 1. The highest BCUT2D eigenvalue weighted by Gasteiger charge is 2.29. The molecule has 19 heavy (non-hydrogen) atoms. The van der Waals surface area contributed by atoms with E-state index in [0.29, 0.717) is 12.8 Å². The molecule has 0 aromatic heterocycles. The predicted octanol–water partition coefficient (Wildman–Crippen LogP) is -1.04. The largest absolute Gasteiger partial charge is 0.351 e. The van der Waals surface area contributed by atoms with Gasteiger partial charge in [0.1, 0.15) is 0 Å². The first kappa shape index (κ1) is 16.4. The highest BCUT2D eigenvalue weighted by Crippen LogP contribution is 2.11. The Kier molecular flexibility index (Phi) is 5.34. The van der Waals surface area contributed by atoms with Gasteiger partial charge < -0.3 is 5.32 Å². The molecule has 0 aliphatic carbocycles. The molecule has 1 N–H and O–H groups in total. The Morgan fingerprint density at radius 1 is 1.42 bits per heavy atom. The quantitative estimate of drug-likeness (QED) is 0.675. The van der Waals surface area contributed by atoms with Gasteiger partial charge in [0.05, 0.1) is 24.3 Å². The molecule has 1 rings (SSSR count). The fraction of sp³-hybridized carbons (Fsp3) is 0.900. The van der Waals surface area contributed by atoms with E-state index in [9.17, 15) is 21.6 Å². The maximum Gasteiger partial charge on any atom is 0.235 e. The Bertz CT molecular complexity index is 526. The molecular weight excluding hydrogens is 292 g/mol. The van der Waals surface area contributed by atoms with Gasteiger partial charge in [-0.15, -0.1) is 0 Å². The van der Waals surface area contributed by atoms with Crippen LogP contribution in [0.1, 0.15) is 19.8 Å². The molecule has 0 aromatic carbocycles. The van der Waals surface area contributed by atoms with Gasteiger partial charge in [-0.05, 0) is 12.8 Å². The highest BCUT2D eigenvalue weighted by atomic mass is 32.2. The molecule has 1 amide bonds. The summed E-state index contributed by atoms with van der Waals surface area (Å²) in [6, 6.07) is -0.402. The number of amides is 1. The maximum atomic E-state index is 11.7. The SMILES string of the molecule is CCCN(CC(=O)NC1CCS(=O)(=O)C1)S(C)(=O)=O. The van der Waals surface area contributed by atoms with Gasteiger partial charge in [-0.3, -0.25) is 4.79 Å². The molecule has 0 bridgehead atoms. The summed E-state index contributed by atoms with van der Waals surface area (Å²) in [6.45, 7) is 1.83. The van der Waals surface area contributed by atoms with E-state index in [-0.39, 0.29) is 24.6 Å². The van der Waals surface area contributed by atoms with Crippen LogP contribution >= 0.6 is 0 Å². The highest BCUT2D eigenvalue weighted by molar-refractivity contribution is 7.91. The van der Waals surface area contributed by atoms with Crippen molar-refractivity contribution >= 4 is 25.8 Å². The van der Waals surface area contributed by atoms with E-state index in [1.54, 1.807) is 0 Å². The molecule has 1 unspecified atom stereocenters. The Hall–Kier alpha value is -0.670. The van der Waals surface area contributed by atoms with E-state index >= 15 is 0 Å². The molecule has 1 fully saturated rings. The van der Waals surface area contributed by atoms with Crippen molar-refractivity contribution < 1.29 is 21.6 Å². The van der Waals surface area contributed by atoms with Crippen LogP contribution in [0.2, 0.25) is 0 Å². The van der Waals surface area contributed by atoms with Gasteiger partial charge in [-0.2, -0.15) is 4.31 Å². The minimum atomic E-state index is -3.42. The average molecular weight is 312 g/mol. The molecule has 1 saturated heterocycles. The second-order valence-corrected chi connectivity index (χ2v) is 8.98. The third-order valence-corrected chi connectivity index (χ3v) is 5.88. The zero-order valence-electron chi connectivity index (χ0n) is 11.1. The van der Waals surface area contributed by atoms with E-state index in [1.165, 1.54) is 0 Å². The van der Waals surface area contributed by atoms with Crippen molar-refractivity contribution in [1.82, 2.24) is 9.62 Å². The summed E-state index contributed by atoms with van der Waals surface area (Å²) in [5, 5.41) is 2.57. The second kappa shape index (κ2) is 6.19. The number of rotatable bonds is 6. The lowest BCUT2D eigenvalue weighted by atomic mass is 10.2. The van der Waals surface area contributed by atoms with E-state index in [2.05, 4.69) is 5.32 Å². The van der Waals surface area contributed by atoms with Crippen molar-refractivity contribution in [2.24, 2.45) is 0 Å². The molecule has 1 heterocycles. The number of sulfone groups is 1. The lowest BCUT2D eigenvalue weighted by Gasteiger charge is -2.19. The summed E-state index contributed by atoms with van der Waals surface area (Å²) in [7, 11) is -6.48. The van der Waals surface area contributed by atoms with Crippen molar-refractivity contribution in [3.63, 3.8) is 0 Å². The number of carbonyl (C=O) groups excluding carboxylic acids is 1. The van der Waals surface area contributed by atoms with E-state index in [0.717, 1.165) is 10.6 Å². The minimum absolute atomic E-state index is 0.0641. The summed E-state index contributed by atoms with van der Waals surface area (Å²) in [5.41, 5.74) is 0. The first-order valence-electron chi connectivity index (χ1n) is 6.09. The Morgan fingerprint density at radius 3 is 2.47 bits per heavy atom. The molecule has 1 atom stereocenters. The number of nitrogens with zero attached hydrogens (tertiary/aromatic N) is 1. The van der Waals surface area contributed by atoms with Crippen molar-refractivity contribution in [1.29, 1.82) is 0 Å². The van der Waals surface area contributed by atoms with Crippen molar-refractivity contribution in [3.8, 4) is 0 Å². The first-order chi connectivity index (χ1) is 8.64. The Balaban J connectivity index is 2.55. The summed E-state index contributed by atoms with van der Waals surface area (Å²) < 4.78 is 46.5. The predicted molar refractivity (Wildman–Crippen MR) is 71.9 cm³/mol. The molecular formula is C10H20N2O5S2. The topological polar surface area (TPSA) is 101 Å². The molecule has 1 aliphatic heterocycles. The molecule has 1 aliphatic rings. The van der Waals surface area contributed by atoms with Gasteiger partial charge in [0.15, 0.2) is 9.84 Å². The number of hydrogen-bond acceptors (Lipinski definition) is 5. The summed E-state index contributed by atoms with van der Waals surface area (Å²) in [4.78, 5) is 11.7. The van der Waals surface area contributed by atoms with Gasteiger partial charge >= 0.3 is 0 Å². The number of hydrogen-bond donors (Lipinski definition) is 1. The van der Waals surface area contributed by atoms with E-state index in [4.69, 9.17) is 0 Å². The van der Waals surface area contributed by atoms with Gasteiger partial charge in [0.2, 0.25) is 15.9 Å². The smallest absolute Gasteiger partial charge is 0.235 e. The van der Waals surface area contributed by atoms with Crippen LogP contribution in [0, 0.1) is 0 Å². The summed E-state index contributed by atoms with van der Waals surface area (Å²) in [6.07, 6.45) is 2.05. The van der Waals surface area contributed by atoms with E-state index < -0.39 is 31.8 Å². The second-order valence-electron chi connectivity index (χ2n) is 4.76. The van der Waals surface area contributed by atoms with Crippen molar-refractivity contribution in [3.05, 3.63) is 0 Å². The fourth-order valence-corrected chi connectivity index (χ4v) is 4.49. The molecule has 0 spiro atoms. The normalized spacial score (nSPS) is 22.6. The first-order valence-corrected chi connectivity index (χ1v) is 9.76. The van der Waals surface area contributed by atoms with Crippen LogP contribution in [0.3, 0.4) is 0 Å². The van der Waals surface area contributed by atoms with Crippen LogP contribution < -0.4 is 5.32 Å². The third-order valence-electron chi connectivity index (χ3n) is 2.86.